The van der Waals surface area contributed by atoms with Crippen molar-refractivity contribution in [2.45, 2.75) is 13.8 Å². The number of aryl methyl sites for hydroxylation is 2. The molecule has 0 bridgehead atoms. The van der Waals surface area contributed by atoms with E-state index in [4.69, 9.17) is 0 Å². The molecule has 0 amide bonds. The summed E-state index contributed by atoms with van der Waals surface area (Å²) in [6.07, 6.45) is 28.5. The van der Waals surface area contributed by atoms with Crippen molar-refractivity contribution in [3.8, 4) is 11.4 Å². The van der Waals surface area contributed by atoms with Crippen molar-refractivity contribution in [2.24, 2.45) is 14.1 Å². The summed E-state index contributed by atoms with van der Waals surface area (Å²) in [6, 6.07) is 8.66. The van der Waals surface area contributed by atoms with Gasteiger partial charge in [-0.05, 0) is 36.1 Å². The fourth-order valence-corrected chi connectivity index (χ4v) is 3.26. The molecule has 0 aromatic carbocycles. The highest BCUT2D eigenvalue weighted by Gasteiger charge is 2.19. The van der Waals surface area contributed by atoms with E-state index in [-0.39, 0.29) is 0 Å². The Labute approximate surface area is 193 Å². The quantitative estimate of drug-likeness (QED) is 0.326. The molecule has 2 aromatic rings. The van der Waals surface area contributed by atoms with E-state index < -0.39 is 0 Å². The van der Waals surface area contributed by atoms with Crippen LogP contribution in [0, 0.1) is 0 Å². The molecule has 0 saturated heterocycles. The van der Waals surface area contributed by atoms with Crippen LogP contribution in [-0.4, -0.2) is 0 Å². The van der Waals surface area contributed by atoms with Gasteiger partial charge in [0.1, 0.15) is 14.1 Å². The third kappa shape index (κ3) is 7.17. The minimum Gasteiger partial charge on any atom is -0.196 e. The van der Waals surface area contributed by atoms with Gasteiger partial charge in [-0.2, -0.15) is 9.13 Å². The van der Waals surface area contributed by atoms with Gasteiger partial charge in [0, 0.05) is 24.3 Å². The van der Waals surface area contributed by atoms with Crippen molar-refractivity contribution in [2.75, 3.05) is 0 Å². The maximum Gasteiger partial charge on any atom is 0.277 e. The van der Waals surface area contributed by atoms with Crippen LogP contribution in [0.3, 0.4) is 0 Å². The van der Waals surface area contributed by atoms with Crippen LogP contribution in [0.1, 0.15) is 25.0 Å². The molecule has 162 valence electrons. The molecule has 0 saturated carbocycles. The van der Waals surface area contributed by atoms with Crippen molar-refractivity contribution in [1.82, 2.24) is 0 Å². The summed E-state index contributed by atoms with van der Waals surface area (Å²) in [4.78, 5) is 0. The van der Waals surface area contributed by atoms with E-state index in [9.17, 15) is 0 Å². The van der Waals surface area contributed by atoms with Gasteiger partial charge in [0.25, 0.3) is 11.4 Å². The number of allylic oxidation sites excluding steroid dienone is 12. The number of hydrogen-bond donors (Lipinski definition) is 0. The van der Waals surface area contributed by atoms with Gasteiger partial charge in [-0.25, -0.2) is 0 Å². The molecule has 2 heteroatoms. The minimum absolute atomic E-state index is 1.11. The van der Waals surface area contributed by atoms with E-state index in [1.54, 1.807) is 12.2 Å². The molecule has 0 spiro atoms. The molecule has 2 rings (SSSR count). The van der Waals surface area contributed by atoms with Crippen LogP contribution in [-0.2, 0) is 14.1 Å². The zero-order valence-electron chi connectivity index (χ0n) is 19.7. The second-order valence-corrected chi connectivity index (χ2v) is 7.38. The molecule has 2 heterocycles. The van der Waals surface area contributed by atoms with Gasteiger partial charge in [-0.15, -0.1) is 0 Å². The van der Waals surface area contributed by atoms with E-state index in [1.165, 1.54) is 0 Å². The summed E-state index contributed by atoms with van der Waals surface area (Å²) < 4.78 is 4.30. The highest BCUT2D eigenvalue weighted by molar-refractivity contribution is 5.62. The fraction of sp³-hybridized carbons (Fsp3) is 0.133. The zero-order chi connectivity index (χ0) is 23.3. The second-order valence-electron chi connectivity index (χ2n) is 7.38. The highest BCUT2D eigenvalue weighted by Crippen LogP contribution is 2.17. The van der Waals surface area contributed by atoms with Crippen molar-refractivity contribution >= 4 is 12.2 Å². The Bertz CT molecular complexity index is 1040. The van der Waals surface area contributed by atoms with Crippen molar-refractivity contribution in [1.29, 1.82) is 0 Å². The molecular weight excluding hydrogens is 388 g/mol. The van der Waals surface area contributed by atoms with Crippen molar-refractivity contribution in [3.63, 3.8) is 0 Å². The van der Waals surface area contributed by atoms with Crippen LogP contribution in [0.2, 0.25) is 0 Å². The third-order valence-corrected chi connectivity index (χ3v) is 4.89. The van der Waals surface area contributed by atoms with Crippen LogP contribution in [0.4, 0.5) is 0 Å². The number of pyridine rings is 2. The van der Waals surface area contributed by atoms with Gasteiger partial charge < -0.3 is 0 Å². The number of rotatable bonds is 9. The topological polar surface area (TPSA) is 7.76 Å². The summed E-state index contributed by atoms with van der Waals surface area (Å²) in [7, 11) is 4.15. The van der Waals surface area contributed by atoms with Crippen LogP contribution < -0.4 is 9.13 Å². The molecule has 2 aromatic heterocycles. The molecule has 0 aliphatic carbocycles. The predicted octanol–water partition coefficient (Wildman–Crippen LogP) is 6.41. The smallest absolute Gasteiger partial charge is 0.196 e. The Hall–Kier alpha value is -3.78. The summed E-state index contributed by atoms with van der Waals surface area (Å²) >= 11 is 0. The van der Waals surface area contributed by atoms with E-state index in [0.29, 0.717) is 0 Å². The van der Waals surface area contributed by atoms with Gasteiger partial charge in [-0.1, -0.05) is 86.1 Å². The first-order valence-corrected chi connectivity index (χ1v) is 10.8. The molecule has 2 nitrogen and oxygen atoms in total. The molecule has 0 unspecified atom stereocenters. The Morgan fingerprint density at radius 3 is 1.44 bits per heavy atom. The zero-order valence-corrected chi connectivity index (χ0v) is 19.7. The molecule has 0 N–H and O–H groups in total. The minimum atomic E-state index is 1.11. The maximum atomic E-state index is 3.80. The lowest BCUT2D eigenvalue weighted by molar-refractivity contribution is -0.690. The van der Waals surface area contributed by atoms with Crippen LogP contribution >= 0.6 is 0 Å². The molecular formula is C30H34N2+2. The SMILES string of the molecule is C=C/C=C(\C=C/C)/C=C/c1cc[n+](C)c(-c2cc(/C=C/C(/C=C\C)=C/C=C)cc[n+]2C)c1. The monoisotopic (exact) mass is 422 g/mol. The van der Waals surface area contributed by atoms with Gasteiger partial charge in [0.2, 0.25) is 0 Å². The summed E-state index contributed by atoms with van der Waals surface area (Å²) in [5.41, 5.74) is 6.78. The number of hydrogen-bond acceptors (Lipinski definition) is 0. The van der Waals surface area contributed by atoms with E-state index in [1.807, 2.05) is 38.2 Å². The molecule has 32 heavy (non-hydrogen) atoms. The Morgan fingerprint density at radius 2 is 1.09 bits per heavy atom. The molecule has 0 atom stereocenters. The normalized spacial score (nSPS) is 13.1. The third-order valence-electron chi connectivity index (χ3n) is 4.89. The molecule has 0 aliphatic rings. The van der Waals surface area contributed by atoms with Crippen LogP contribution in [0.25, 0.3) is 23.5 Å². The van der Waals surface area contributed by atoms with Gasteiger partial charge in [0.15, 0.2) is 12.4 Å². The molecule has 0 radical (unpaired) electrons. The lowest BCUT2D eigenvalue weighted by Gasteiger charge is -2.03. The van der Waals surface area contributed by atoms with E-state index in [0.717, 1.165) is 33.7 Å². The lowest BCUT2D eigenvalue weighted by Crippen LogP contribution is -2.38. The second kappa shape index (κ2) is 12.8. The Morgan fingerprint density at radius 1 is 0.688 bits per heavy atom. The number of nitrogens with zero attached hydrogens (tertiary/aromatic N) is 2. The van der Waals surface area contributed by atoms with Gasteiger partial charge in [-0.3, -0.25) is 0 Å². The van der Waals surface area contributed by atoms with Crippen LogP contribution in [0.15, 0.2) is 122 Å². The lowest BCUT2D eigenvalue weighted by atomic mass is 10.1. The summed E-state index contributed by atoms with van der Waals surface area (Å²) in [5.74, 6) is 0. The Kier molecular flexibility index (Phi) is 9.80. The Balaban J connectivity index is 2.45. The highest BCUT2D eigenvalue weighted by atomic mass is 15.0. The van der Waals surface area contributed by atoms with Gasteiger partial charge >= 0.3 is 0 Å². The van der Waals surface area contributed by atoms with Crippen molar-refractivity contribution in [3.05, 3.63) is 133 Å². The molecule has 0 aliphatic heterocycles. The largest absolute Gasteiger partial charge is 0.277 e. The average Bonchev–Trinajstić information content (AvgIpc) is 2.78. The van der Waals surface area contributed by atoms with E-state index >= 15 is 0 Å². The average molecular weight is 423 g/mol. The standard InChI is InChI=1S/C30H34N2/c1-7-11-25(12-8-2)15-17-27-19-21-31(5)29(23-27)30-24-28(20-22-32(30)6)18-16-26(13-9-3)14-10-4/h7-24H,1,3H2,2,4-6H3/q+2/b12-8-,14-10-,17-15+,18-16+,25-11+,26-13+. The first kappa shape index (κ1) is 24.5. The van der Waals surface area contributed by atoms with E-state index in [2.05, 4.69) is 110 Å². The maximum absolute atomic E-state index is 3.80. The number of aromatic nitrogens is 2. The first-order chi connectivity index (χ1) is 15.5. The predicted molar refractivity (Wildman–Crippen MR) is 138 cm³/mol. The van der Waals surface area contributed by atoms with Crippen molar-refractivity contribution < 1.29 is 9.13 Å². The molecule has 0 fully saturated rings. The van der Waals surface area contributed by atoms with Gasteiger partial charge in [0.05, 0.1) is 0 Å². The summed E-state index contributed by atoms with van der Waals surface area (Å²) in [6.45, 7) is 11.6. The summed E-state index contributed by atoms with van der Waals surface area (Å²) in [5, 5.41) is 0. The first-order valence-electron chi connectivity index (χ1n) is 10.8. The fourth-order valence-electron chi connectivity index (χ4n) is 3.26. The van der Waals surface area contributed by atoms with Crippen LogP contribution in [0.5, 0.6) is 0 Å².